The quantitative estimate of drug-likeness (QED) is 0.747. The molecule has 2 nitrogen and oxygen atoms in total. The third-order valence-corrected chi connectivity index (χ3v) is 6.31. The second-order valence-corrected chi connectivity index (χ2v) is 8.56. The standard InChI is InChI=1S/C19H40N2/c1-8-19(5,6)17-10-9-16(13-20)18(12-17)21(7)15(4)11-14(2)3/h14-18H,8-13,20H2,1-7H3. The second kappa shape index (κ2) is 7.97. The Morgan fingerprint density at radius 3 is 2.29 bits per heavy atom. The molecular formula is C19H40N2. The molecule has 0 aromatic heterocycles. The summed E-state index contributed by atoms with van der Waals surface area (Å²) in [6.07, 6.45) is 6.58. The highest BCUT2D eigenvalue weighted by Crippen LogP contribution is 2.43. The predicted molar refractivity (Wildman–Crippen MR) is 94.4 cm³/mol. The van der Waals surface area contributed by atoms with Crippen LogP contribution in [0.25, 0.3) is 0 Å². The summed E-state index contributed by atoms with van der Waals surface area (Å²) in [5.41, 5.74) is 6.57. The highest BCUT2D eigenvalue weighted by atomic mass is 15.2. The van der Waals surface area contributed by atoms with E-state index in [1.54, 1.807) is 0 Å². The van der Waals surface area contributed by atoms with E-state index in [2.05, 4.69) is 53.5 Å². The minimum Gasteiger partial charge on any atom is -0.330 e. The number of hydrogen-bond acceptors (Lipinski definition) is 2. The van der Waals surface area contributed by atoms with Gasteiger partial charge in [-0.25, -0.2) is 0 Å². The van der Waals surface area contributed by atoms with Gasteiger partial charge in [-0.2, -0.15) is 0 Å². The van der Waals surface area contributed by atoms with Gasteiger partial charge < -0.3 is 10.6 Å². The summed E-state index contributed by atoms with van der Waals surface area (Å²) in [5, 5.41) is 0. The molecule has 2 N–H and O–H groups in total. The van der Waals surface area contributed by atoms with Crippen LogP contribution in [0.5, 0.6) is 0 Å². The molecule has 1 fully saturated rings. The third-order valence-electron chi connectivity index (χ3n) is 6.31. The zero-order chi connectivity index (χ0) is 16.2. The van der Waals surface area contributed by atoms with Crippen LogP contribution in [-0.2, 0) is 0 Å². The Morgan fingerprint density at radius 2 is 1.81 bits per heavy atom. The van der Waals surface area contributed by atoms with E-state index >= 15 is 0 Å². The fourth-order valence-corrected chi connectivity index (χ4v) is 4.16. The molecule has 0 amide bonds. The van der Waals surface area contributed by atoms with Crippen LogP contribution in [0.15, 0.2) is 0 Å². The SMILES string of the molecule is CCC(C)(C)C1CCC(CN)C(N(C)C(C)CC(C)C)C1. The van der Waals surface area contributed by atoms with Crippen molar-refractivity contribution in [3.05, 3.63) is 0 Å². The van der Waals surface area contributed by atoms with E-state index in [0.29, 0.717) is 23.4 Å². The zero-order valence-electron chi connectivity index (χ0n) is 15.7. The van der Waals surface area contributed by atoms with Crippen LogP contribution in [0.2, 0.25) is 0 Å². The van der Waals surface area contributed by atoms with Crippen molar-refractivity contribution in [3.63, 3.8) is 0 Å². The molecule has 2 heteroatoms. The molecule has 0 aromatic carbocycles. The number of hydrogen-bond donors (Lipinski definition) is 1. The van der Waals surface area contributed by atoms with Crippen molar-refractivity contribution in [2.45, 2.75) is 85.7 Å². The summed E-state index contributed by atoms with van der Waals surface area (Å²) in [4.78, 5) is 2.65. The normalized spacial score (nSPS) is 29.1. The van der Waals surface area contributed by atoms with Gasteiger partial charge in [0.25, 0.3) is 0 Å². The lowest BCUT2D eigenvalue weighted by Gasteiger charge is -2.47. The van der Waals surface area contributed by atoms with Crippen molar-refractivity contribution in [3.8, 4) is 0 Å². The van der Waals surface area contributed by atoms with E-state index in [1.807, 2.05) is 0 Å². The first-order valence-corrected chi connectivity index (χ1v) is 9.14. The van der Waals surface area contributed by atoms with Crippen molar-refractivity contribution in [1.82, 2.24) is 4.90 Å². The fourth-order valence-electron chi connectivity index (χ4n) is 4.16. The van der Waals surface area contributed by atoms with Crippen molar-refractivity contribution in [2.75, 3.05) is 13.6 Å². The number of nitrogens with zero attached hydrogens (tertiary/aromatic N) is 1. The number of nitrogens with two attached hydrogens (primary N) is 1. The summed E-state index contributed by atoms with van der Waals surface area (Å²) in [6.45, 7) is 15.1. The summed E-state index contributed by atoms with van der Waals surface area (Å²) in [5.74, 6) is 2.31. The Bertz CT molecular complexity index is 298. The van der Waals surface area contributed by atoms with E-state index in [1.165, 1.54) is 32.1 Å². The maximum atomic E-state index is 6.09. The smallest absolute Gasteiger partial charge is 0.0138 e. The van der Waals surface area contributed by atoms with Crippen LogP contribution in [0.3, 0.4) is 0 Å². The van der Waals surface area contributed by atoms with E-state index in [4.69, 9.17) is 5.73 Å². The highest BCUT2D eigenvalue weighted by molar-refractivity contribution is 4.92. The molecule has 1 aliphatic rings. The topological polar surface area (TPSA) is 29.3 Å². The van der Waals surface area contributed by atoms with Crippen LogP contribution >= 0.6 is 0 Å². The van der Waals surface area contributed by atoms with Crippen LogP contribution < -0.4 is 5.73 Å². The molecule has 4 atom stereocenters. The van der Waals surface area contributed by atoms with Crippen LogP contribution in [0.1, 0.15) is 73.6 Å². The van der Waals surface area contributed by atoms with Crippen LogP contribution in [0, 0.1) is 23.2 Å². The first-order chi connectivity index (χ1) is 9.72. The molecule has 4 unspecified atom stereocenters. The molecule has 21 heavy (non-hydrogen) atoms. The lowest BCUT2D eigenvalue weighted by Crippen LogP contribution is -2.50. The summed E-state index contributed by atoms with van der Waals surface area (Å²) in [7, 11) is 2.34. The molecule has 0 spiro atoms. The molecule has 0 aliphatic heterocycles. The van der Waals surface area contributed by atoms with Crippen LogP contribution in [-0.4, -0.2) is 30.6 Å². The maximum absolute atomic E-state index is 6.09. The molecule has 0 saturated heterocycles. The molecular weight excluding hydrogens is 256 g/mol. The Labute approximate surface area is 133 Å². The Kier molecular flexibility index (Phi) is 7.19. The van der Waals surface area contributed by atoms with Gasteiger partial charge in [0.1, 0.15) is 0 Å². The molecule has 0 heterocycles. The molecule has 126 valence electrons. The van der Waals surface area contributed by atoms with Gasteiger partial charge in [0.2, 0.25) is 0 Å². The zero-order valence-corrected chi connectivity index (χ0v) is 15.7. The molecule has 1 saturated carbocycles. The monoisotopic (exact) mass is 296 g/mol. The average Bonchev–Trinajstić information content (AvgIpc) is 2.44. The van der Waals surface area contributed by atoms with Gasteiger partial charge >= 0.3 is 0 Å². The van der Waals surface area contributed by atoms with Gasteiger partial charge in [-0.15, -0.1) is 0 Å². The van der Waals surface area contributed by atoms with Gasteiger partial charge in [-0.3, -0.25) is 0 Å². The Balaban J connectivity index is 2.79. The van der Waals surface area contributed by atoms with Gasteiger partial charge in [-0.05, 0) is 69.4 Å². The molecule has 0 bridgehead atoms. The van der Waals surface area contributed by atoms with E-state index in [9.17, 15) is 0 Å². The lowest BCUT2D eigenvalue weighted by molar-refractivity contribution is 0.0294. The van der Waals surface area contributed by atoms with Crippen molar-refractivity contribution in [1.29, 1.82) is 0 Å². The summed E-state index contributed by atoms with van der Waals surface area (Å²) in [6, 6.07) is 1.33. The maximum Gasteiger partial charge on any atom is 0.0138 e. The second-order valence-electron chi connectivity index (χ2n) is 8.56. The van der Waals surface area contributed by atoms with E-state index in [-0.39, 0.29) is 0 Å². The third kappa shape index (κ3) is 4.96. The first kappa shape index (κ1) is 19.0. The predicted octanol–water partition coefficient (Wildman–Crippen LogP) is 4.53. The minimum atomic E-state index is 0.472. The Morgan fingerprint density at radius 1 is 1.19 bits per heavy atom. The largest absolute Gasteiger partial charge is 0.330 e. The van der Waals surface area contributed by atoms with Gasteiger partial charge in [0, 0.05) is 12.1 Å². The summed E-state index contributed by atoms with van der Waals surface area (Å²) >= 11 is 0. The van der Waals surface area contributed by atoms with Gasteiger partial charge in [0.15, 0.2) is 0 Å². The molecule has 1 aliphatic carbocycles. The highest BCUT2D eigenvalue weighted by Gasteiger charge is 2.39. The van der Waals surface area contributed by atoms with Crippen molar-refractivity contribution < 1.29 is 0 Å². The lowest BCUT2D eigenvalue weighted by atomic mass is 9.65. The van der Waals surface area contributed by atoms with E-state index in [0.717, 1.165) is 18.4 Å². The summed E-state index contributed by atoms with van der Waals surface area (Å²) < 4.78 is 0. The molecule has 0 aromatic rings. The van der Waals surface area contributed by atoms with Gasteiger partial charge in [0.05, 0.1) is 0 Å². The minimum absolute atomic E-state index is 0.472. The fraction of sp³-hybridized carbons (Fsp3) is 1.00. The first-order valence-electron chi connectivity index (χ1n) is 9.14. The Hall–Kier alpha value is -0.0800. The molecule has 1 rings (SSSR count). The van der Waals surface area contributed by atoms with Gasteiger partial charge in [-0.1, -0.05) is 41.0 Å². The van der Waals surface area contributed by atoms with Crippen molar-refractivity contribution >= 4 is 0 Å². The van der Waals surface area contributed by atoms with Crippen LogP contribution in [0.4, 0.5) is 0 Å². The average molecular weight is 297 g/mol. The molecule has 0 radical (unpaired) electrons. The van der Waals surface area contributed by atoms with Crippen molar-refractivity contribution in [2.24, 2.45) is 28.9 Å². The van der Waals surface area contributed by atoms with E-state index < -0.39 is 0 Å². The number of rotatable bonds is 7.